The van der Waals surface area contributed by atoms with Gasteiger partial charge in [0.1, 0.15) is 11.5 Å². The Balaban J connectivity index is 2.06. The van der Waals surface area contributed by atoms with Gasteiger partial charge in [0.15, 0.2) is 10.8 Å². The third-order valence-corrected chi connectivity index (χ3v) is 4.35. The fraction of sp³-hybridized carbons (Fsp3) is 0.294. The van der Waals surface area contributed by atoms with Gasteiger partial charge in [0.05, 0.1) is 13.5 Å². The van der Waals surface area contributed by atoms with Gasteiger partial charge in [0.2, 0.25) is 0 Å². The van der Waals surface area contributed by atoms with E-state index in [0.29, 0.717) is 28.0 Å². The number of benzene rings is 1. The molecule has 0 radical (unpaired) electrons. The Bertz CT molecular complexity index is 775. The van der Waals surface area contributed by atoms with Crippen LogP contribution in [0.2, 0.25) is 5.02 Å². The van der Waals surface area contributed by atoms with Crippen LogP contribution in [0.15, 0.2) is 30.5 Å². The normalized spacial score (nSPS) is 13.7. The van der Waals surface area contributed by atoms with E-state index in [1.165, 1.54) is 7.11 Å². The molecule has 0 aliphatic heterocycles. The molecule has 118 valence electrons. The molecule has 6 heteroatoms. The lowest BCUT2D eigenvalue weighted by Crippen LogP contribution is -2.13. The average molecular weight is 347 g/mol. The zero-order valence-corrected chi connectivity index (χ0v) is 14.2. The van der Waals surface area contributed by atoms with Gasteiger partial charge in [0.25, 0.3) is 0 Å². The van der Waals surface area contributed by atoms with Gasteiger partial charge in [-0.15, -0.1) is 0 Å². The molecule has 23 heavy (non-hydrogen) atoms. The average Bonchev–Trinajstić information content (AvgIpc) is 3.39. The van der Waals surface area contributed by atoms with E-state index in [9.17, 15) is 4.79 Å². The van der Waals surface area contributed by atoms with Crippen LogP contribution in [-0.4, -0.2) is 27.9 Å². The van der Waals surface area contributed by atoms with Gasteiger partial charge in [-0.1, -0.05) is 29.8 Å². The Morgan fingerprint density at radius 1 is 1.35 bits per heavy atom. The summed E-state index contributed by atoms with van der Waals surface area (Å²) < 4.78 is 4.94. The molecule has 0 N–H and O–H groups in total. The van der Waals surface area contributed by atoms with E-state index in [2.05, 4.69) is 9.97 Å². The second kappa shape index (κ2) is 6.72. The molecule has 1 heterocycles. The van der Waals surface area contributed by atoms with Crippen LogP contribution in [0.3, 0.4) is 0 Å². The van der Waals surface area contributed by atoms with Crippen molar-refractivity contribution in [3.8, 4) is 11.1 Å². The van der Waals surface area contributed by atoms with Crippen LogP contribution in [0.25, 0.3) is 11.1 Å². The van der Waals surface area contributed by atoms with E-state index in [0.717, 1.165) is 18.4 Å². The Hall–Kier alpha value is -1.85. The SMILES string of the molecule is COC(=S)CC(=O)c1nc(C2CC2)ncc1-c1ccccc1Cl. The van der Waals surface area contributed by atoms with Gasteiger partial charge >= 0.3 is 0 Å². The molecule has 1 fully saturated rings. The molecule has 1 aliphatic rings. The first-order chi connectivity index (χ1) is 11.1. The monoisotopic (exact) mass is 346 g/mol. The molecule has 2 aromatic rings. The predicted molar refractivity (Wildman–Crippen MR) is 93.0 cm³/mol. The zero-order valence-electron chi connectivity index (χ0n) is 12.6. The van der Waals surface area contributed by atoms with Crippen molar-refractivity contribution < 1.29 is 9.53 Å². The Morgan fingerprint density at radius 3 is 2.74 bits per heavy atom. The van der Waals surface area contributed by atoms with Crippen molar-refractivity contribution in [1.29, 1.82) is 0 Å². The fourth-order valence-corrected chi connectivity index (χ4v) is 2.68. The van der Waals surface area contributed by atoms with Crippen molar-refractivity contribution in [2.24, 2.45) is 0 Å². The maximum absolute atomic E-state index is 12.6. The molecule has 3 rings (SSSR count). The highest BCUT2D eigenvalue weighted by Gasteiger charge is 2.29. The van der Waals surface area contributed by atoms with Crippen molar-refractivity contribution in [3.63, 3.8) is 0 Å². The number of aromatic nitrogens is 2. The number of ether oxygens (including phenoxy) is 1. The standard InChI is InChI=1S/C17H15ClN2O2S/c1-22-15(23)8-14(21)16-12(11-4-2-3-5-13(11)18)9-19-17(20-16)10-6-7-10/h2-5,9-10H,6-8H2,1H3. The molecule has 0 bridgehead atoms. The lowest BCUT2D eigenvalue weighted by atomic mass is 10.0. The van der Waals surface area contributed by atoms with E-state index in [1.807, 2.05) is 18.2 Å². The quantitative estimate of drug-likeness (QED) is 0.599. The highest BCUT2D eigenvalue weighted by atomic mass is 35.5. The number of ketones is 1. The first-order valence-corrected chi connectivity index (χ1v) is 8.10. The number of thiocarbonyl (C=S) groups is 1. The number of carbonyl (C=O) groups is 1. The van der Waals surface area contributed by atoms with E-state index < -0.39 is 0 Å². The molecule has 0 amide bonds. The number of hydrogen-bond donors (Lipinski definition) is 0. The van der Waals surface area contributed by atoms with Crippen molar-refractivity contribution in [2.45, 2.75) is 25.2 Å². The van der Waals surface area contributed by atoms with Crippen LogP contribution in [0.4, 0.5) is 0 Å². The van der Waals surface area contributed by atoms with E-state index in [1.54, 1.807) is 12.3 Å². The number of halogens is 1. The summed E-state index contributed by atoms with van der Waals surface area (Å²) in [5.41, 5.74) is 1.72. The highest BCUT2D eigenvalue weighted by Crippen LogP contribution is 2.39. The molecular weight excluding hydrogens is 332 g/mol. The first kappa shape index (κ1) is 16.0. The van der Waals surface area contributed by atoms with E-state index >= 15 is 0 Å². The van der Waals surface area contributed by atoms with Crippen LogP contribution < -0.4 is 0 Å². The maximum Gasteiger partial charge on any atom is 0.190 e. The number of nitrogens with zero attached hydrogens (tertiary/aromatic N) is 2. The number of hydrogen-bond acceptors (Lipinski definition) is 5. The number of methoxy groups -OCH3 is 1. The summed E-state index contributed by atoms with van der Waals surface area (Å²) >= 11 is 11.3. The molecule has 1 aromatic heterocycles. The van der Waals surface area contributed by atoms with Crippen molar-refractivity contribution in [1.82, 2.24) is 9.97 Å². The van der Waals surface area contributed by atoms with Gasteiger partial charge < -0.3 is 4.74 Å². The van der Waals surface area contributed by atoms with Gasteiger partial charge in [-0.25, -0.2) is 9.97 Å². The second-order valence-electron chi connectivity index (χ2n) is 5.42. The summed E-state index contributed by atoms with van der Waals surface area (Å²) in [7, 11) is 1.46. The Morgan fingerprint density at radius 2 is 2.09 bits per heavy atom. The predicted octanol–water partition coefficient (Wildman–Crippen LogP) is 4.22. The van der Waals surface area contributed by atoms with Gasteiger partial charge in [-0.05, 0) is 31.1 Å². The van der Waals surface area contributed by atoms with E-state index in [4.69, 9.17) is 28.6 Å². The fourth-order valence-electron chi connectivity index (χ4n) is 2.31. The Kier molecular flexibility index (Phi) is 4.68. The summed E-state index contributed by atoms with van der Waals surface area (Å²) in [5, 5.41) is 0.797. The van der Waals surface area contributed by atoms with Crippen molar-refractivity contribution in [2.75, 3.05) is 7.11 Å². The molecule has 1 aromatic carbocycles. The van der Waals surface area contributed by atoms with Crippen LogP contribution >= 0.6 is 23.8 Å². The molecule has 0 saturated heterocycles. The zero-order chi connectivity index (χ0) is 16.4. The summed E-state index contributed by atoms with van der Waals surface area (Å²) in [6, 6.07) is 7.33. The van der Waals surface area contributed by atoms with Gasteiger partial charge in [-0.3, -0.25) is 4.79 Å². The van der Waals surface area contributed by atoms with E-state index in [-0.39, 0.29) is 17.3 Å². The lowest BCUT2D eigenvalue weighted by molar-refractivity contribution is 0.0991. The third kappa shape index (κ3) is 3.57. The summed E-state index contributed by atoms with van der Waals surface area (Å²) in [6.07, 6.45) is 3.83. The molecular formula is C17H15ClN2O2S. The van der Waals surface area contributed by atoms with Crippen LogP contribution in [0.5, 0.6) is 0 Å². The molecule has 4 nitrogen and oxygen atoms in total. The van der Waals surface area contributed by atoms with Gasteiger partial charge in [0, 0.05) is 28.3 Å². The minimum Gasteiger partial charge on any atom is -0.490 e. The smallest absolute Gasteiger partial charge is 0.190 e. The second-order valence-corrected chi connectivity index (χ2v) is 6.28. The summed E-state index contributed by atoms with van der Waals surface area (Å²) in [4.78, 5) is 21.5. The number of carbonyl (C=O) groups excluding carboxylic acids is 1. The number of rotatable bonds is 5. The minimum absolute atomic E-state index is 0.0183. The van der Waals surface area contributed by atoms with Crippen LogP contribution in [0, 0.1) is 0 Å². The highest BCUT2D eigenvalue weighted by molar-refractivity contribution is 7.80. The van der Waals surface area contributed by atoms with Gasteiger partial charge in [-0.2, -0.15) is 0 Å². The topological polar surface area (TPSA) is 52.1 Å². The van der Waals surface area contributed by atoms with Crippen LogP contribution in [-0.2, 0) is 4.74 Å². The molecule has 1 aliphatic carbocycles. The Labute approximate surface area is 144 Å². The van der Waals surface area contributed by atoms with Crippen molar-refractivity contribution in [3.05, 3.63) is 47.0 Å². The molecule has 0 unspecified atom stereocenters. The lowest BCUT2D eigenvalue weighted by Gasteiger charge is -2.11. The maximum atomic E-state index is 12.6. The third-order valence-electron chi connectivity index (χ3n) is 3.71. The van der Waals surface area contributed by atoms with Crippen molar-refractivity contribution >= 4 is 34.7 Å². The summed E-state index contributed by atoms with van der Waals surface area (Å²) in [6.45, 7) is 0. The molecule has 0 spiro atoms. The number of Topliss-reactive ketones (excluding diaryl/α,β-unsaturated/α-hetero) is 1. The minimum atomic E-state index is -0.184. The first-order valence-electron chi connectivity index (χ1n) is 7.32. The largest absolute Gasteiger partial charge is 0.490 e. The molecule has 0 atom stereocenters. The molecule has 1 saturated carbocycles. The summed E-state index contributed by atoms with van der Waals surface area (Å²) in [5.74, 6) is 0.889. The van der Waals surface area contributed by atoms with Crippen LogP contribution in [0.1, 0.15) is 41.5 Å².